The number of benzene rings is 1. The van der Waals surface area contributed by atoms with E-state index in [0.717, 1.165) is 6.20 Å². The molecule has 1 amide bonds. The molecular weight excluding hydrogens is 238 g/mol. The van der Waals surface area contributed by atoms with Crippen LogP contribution < -0.4 is 4.90 Å². The Morgan fingerprint density at radius 1 is 1.28 bits per heavy atom. The minimum atomic E-state index is -0.703. The third-order valence-corrected chi connectivity index (χ3v) is 2.50. The first kappa shape index (κ1) is 12.2. The smallest absolute Gasteiger partial charge is 0.261 e. The Bertz CT molecular complexity index is 587. The van der Waals surface area contributed by atoms with Crippen LogP contribution in [0.4, 0.5) is 14.5 Å². The summed E-state index contributed by atoms with van der Waals surface area (Å²) in [5.74, 6) is -1.71. The Hall–Kier alpha value is -2.30. The highest BCUT2D eigenvalue weighted by Gasteiger charge is 2.17. The summed E-state index contributed by atoms with van der Waals surface area (Å²) >= 11 is 0. The summed E-state index contributed by atoms with van der Waals surface area (Å²) in [6, 6.07) is 6.82. The van der Waals surface area contributed by atoms with Gasteiger partial charge in [-0.1, -0.05) is 6.07 Å². The highest BCUT2D eigenvalue weighted by Crippen LogP contribution is 2.17. The summed E-state index contributed by atoms with van der Waals surface area (Å²) in [6.07, 6.45) is 2.29. The lowest BCUT2D eigenvalue weighted by Crippen LogP contribution is -2.27. The van der Waals surface area contributed by atoms with Crippen LogP contribution in [0.15, 0.2) is 42.7 Å². The van der Waals surface area contributed by atoms with Crippen molar-refractivity contribution in [1.29, 1.82) is 0 Å². The highest BCUT2D eigenvalue weighted by molar-refractivity contribution is 6.05. The van der Waals surface area contributed by atoms with Crippen LogP contribution in [-0.4, -0.2) is 17.9 Å². The molecule has 92 valence electrons. The van der Waals surface area contributed by atoms with Crippen molar-refractivity contribution in [3.8, 4) is 0 Å². The van der Waals surface area contributed by atoms with Gasteiger partial charge in [-0.3, -0.25) is 9.78 Å². The van der Waals surface area contributed by atoms with Gasteiger partial charge in [0.2, 0.25) is 0 Å². The number of aromatic nitrogens is 1. The fourth-order valence-corrected chi connectivity index (χ4v) is 1.53. The SMILES string of the molecule is CN(C(=O)c1ccncc1F)c1cccc(F)c1. The van der Waals surface area contributed by atoms with Gasteiger partial charge in [0.1, 0.15) is 5.82 Å². The molecule has 0 bridgehead atoms. The summed E-state index contributed by atoms with van der Waals surface area (Å²) in [5, 5.41) is 0. The molecule has 0 fully saturated rings. The van der Waals surface area contributed by atoms with Gasteiger partial charge >= 0.3 is 0 Å². The van der Waals surface area contributed by atoms with Crippen molar-refractivity contribution >= 4 is 11.6 Å². The fraction of sp³-hybridized carbons (Fsp3) is 0.0769. The number of hydrogen-bond donors (Lipinski definition) is 0. The van der Waals surface area contributed by atoms with Gasteiger partial charge < -0.3 is 4.90 Å². The molecule has 0 radical (unpaired) electrons. The Morgan fingerprint density at radius 3 is 2.72 bits per heavy atom. The third-order valence-electron chi connectivity index (χ3n) is 2.50. The van der Waals surface area contributed by atoms with Gasteiger partial charge in [0.05, 0.1) is 11.8 Å². The van der Waals surface area contributed by atoms with Gasteiger partial charge in [0, 0.05) is 18.9 Å². The lowest BCUT2D eigenvalue weighted by molar-refractivity contribution is 0.0989. The molecule has 3 nitrogen and oxygen atoms in total. The standard InChI is InChI=1S/C13H10F2N2O/c1-17(10-4-2-3-9(14)7-10)13(18)11-5-6-16-8-12(11)15/h2-8H,1H3. The van der Waals surface area contributed by atoms with Gasteiger partial charge in [0.25, 0.3) is 5.91 Å². The lowest BCUT2D eigenvalue weighted by atomic mass is 10.2. The molecule has 0 N–H and O–H groups in total. The zero-order chi connectivity index (χ0) is 13.1. The lowest BCUT2D eigenvalue weighted by Gasteiger charge is -2.17. The Kier molecular flexibility index (Phi) is 3.32. The van der Waals surface area contributed by atoms with E-state index in [2.05, 4.69) is 4.98 Å². The number of anilines is 1. The molecule has 18 heavy (non-hydrogen) atoms. The summed E-state index contributed by atoms with van der Waals surface area (Å²) in [5.41, 5.74) is 0.257. The van der Waals surface area contributed by atoms with E-state index in [4.69, 9.17) is 0 Å². The van der Waals surface area contributed by atoms with Gasteiger partial charge in [-0.25, -0.2) is 8.78 Å². The molecule has 0 unspecified atom stereocenters. The number of halogens is 2. The fourth-order valence-electron chi connectivity index (χ4n) is 1.53. The van der Waals surface area contributed by atoms with E-state index in [-0.39, 0.29) is 5.56 Å². The molecule has 0 spiro atoms. The average Bonchev–Trinajstić information content (AvgIpc) is 2.37. The second-order valence-electron chi connectivity index (χ2n) is 3.70. The molecule has 0 saturated heterocycles. The van der Waals surface area contributed by atoms with E-state index in [0.29, 0.717) is 5.69 Å². The second-order valence-corrected chi connectivity index (χ2v) is 3.70. The molecule has 1 aromatic heterocycles. The molecule has 0 saturated carbocycles. The van der Waals surface area contributed by atoms with E-state index in [9.17, 15) is 13.6 Å². The number of amides is 1. The number of carbonyl (C=O) groups excluding carboxylic acids is 1. The van der Waals surface area contributed by atoms with Crippen LogP contribution in [0.1, 0.15) is 10.4 Å². The van der Waals surface area contributed by atoms with E-state index in [1.54, 1.807) is 6.07 Å². The number of hydrogen-bond acceptors (Lipinski definition) is 2. The quantitative estimate of drug-likeness (QED) is 0.818. The Morgan fingerprint density at radius 2 is 2.06 bits per heavy atom. The monoisotopic (exact) mass is 248 g/mol. The molecular formula is C13H10F2N2O. The minimum absolute atomic E-state index is 0.100. The molecule has 0 atom stereocenters. The third kappa shape index (κ3) is 2.34. The molecule has 2 aromatic rings. The number of nitrogens with zero attached hydrogens (tertiary/aromatic N) is 2. The molecule has 0 aliphatic rings. The topological polar surface area (TPSA) is 33.2 Å². The van der Waals surface area contributed by atoms with Crippen molar-refractivity contribution in [2.24, 2.45) is 0 Å². The molecule has 1 heterocycles. The second kappa shape index (κ2) is 4.91. The predicted octanol–water partition coefficient (Wildman–Crippen LogP) is 2.64. The predicted molar refractivity (Wildman–Crippen MR) is 63.3 cm³/mol. The number of carbonyl (C=O) groups is 1. The highest BCUT2D eigenvalue weighted by atomic mass is 19.1. The van der Waals surface area contributed by atoms with E-state index >= 15 is 0 Å². The van der Waals surface area contributed by atoms with E-state index < -0.39 is 17.5 Å². The average molecular weight is 248 g/mol. The van der Waals surface area contributed by atoms with Crippen molar-refractivity contribution in [3.05, 3.63) is 59.9 Å². The number of pyridine rings is 1. The summed E-state index contributed by atoms with van der Waals surface area (Å²) in [7, 11) is 1.46. The first-order chi connectivity index (χ1) is 8.59. The van der Waals surface area contributed by atoms with Crippen LogP contribution in [0.3, 0.4) is 0 Å². The van der Waals surface area contributed by atoms with Crippen molar-refractivity contribution in [2.45, 2.75) is 0 Å². The molecule has 1 aromatic carbocycles. The molecule has 0 aliphatic heterocycles. The van der Waals surface area contributed by atoms with Crippen molar-refractivity contribution in [2.75, 3.05) is 11.9 Å². The molecule has 0 aliphatic carbocycles. The normalized spacial score (nSPS) is 10.2. The zero-order valence-corrected chi connectivity index (χ0v) is 9.60. The summed E-state index contributed by atoms with van der Waals surface area (Å²) in [6.45, 7) is 0. The van der Waals surface area contributed by atoms with Gasteiger partial charge in [-0.05, 0) is 24.3 Å². The van der Waals surface area contributed by atoms with E-state index in [1.165, 1.54) is 42.4 Å². The number of rotatable bonds is 2. The first-order valence-corrected chi connectivity index (χ1v) is 5.22. The van der Waals surface area contributed by atoms with Crippen molar-refractivity contribution in [1.82, 2.24) is 4.98 Å². The summed E-state index contributed by atoms with van der Waals surface area (Å²) in [4.78, 5) is 16.8. The summed E-state index contributed by atoms with van der Waals surface area (Å²) < 4.78 is 26.5. The van der Waals surface area contributed by atoms with Crippen molar-refractivity contribution in [3.63, 3.8) is 0 Å². The van der Waals surface area contributed by atoms with E-state index in [1.807, 2.05) is 0 Å². The largest absolute Gasteiger partial charge is 0.311 e. The molecule has 2 rings (SSSR count). The van der Waals surface area contributed by atoms with Crippen LogP contribution in [0.5, 0.6) is 0 Å². The van der Waals surface area contributed by atoms with Gasteiger partial charge in [0.15, 0.2) is 5.82 Å². The maximum absolute atomic E-state index is 13.4. The first-order valence-electron chi connectivity index (χ1n) is 5.22. The van der Waals surface area contributed by atoms with Crippen LogP contribution in [0.2, 0.25) is 0 Å². The zero-order valence-electron chi connectivity index (χ0n) is 9.60. The van der Waals surface area contributed by atoms with Crippen LogP contribution >= 0.6 is 0 Å². The van der Waals surface area contributed by atoms with Gasteiger partial charge in [-0.2, -0.15) is 0 Å². The van der Waals surface area contributed by atoms with Crippen molar-refractivity contribution < 1.29 is 13.6 Å². The van der Waals surface area contributed by atoms with Crippen LogP contribution in [-0.2, 0) is 0 Å². The minimum Gasteiger partial charge on any atom is -0.311 e. The van der Waals surface area contributed by atoms with Gasteiger partial charge in [-0.15, -0.1) is 0 Å². The maximum Gasteiger partial charge on any atom is 0.261 e. The molecule has 5 heteroatoms. The van der Waals surface area contributed by atoms with Crippen LogP contribution in [0, 0.1) is 11.6 Å². The Labute approximate surface area is 103 Å². The van der Waals surface area contributed by atoms with Crippen LogP contribution in [0.25, 0.3) is 0 Å². The Balaban J connectivity index is 2.32. The maximum atomic E-state index is 13.4.